The third-order valence-electron chi connectivity index (χ3n) is 6.59. The normalized spacial score (nSPS) is 29.3. The van der Waals surface area contributed by atoms with Crippen LogP contribution in [-0.2, 0) is 6.42 Å². The van der Waals surface area contributed by atoms with Gasteiger partial charge in [-0.3, -0.25) is 9.59 Å². The molecule has 5 N–H and O–H groups in total. The number of hydrogen-bond donors (Lipinski definition) is 5. The second-order valence-corrected chi connectivity index (χ2v) is 8.21. The molecule has 0 spiro atoms. The SMILES string of the molecule is CC12Cc3cc(O)c4c(c3C1C=CC(O)C2O)C(=O)c1c(O)ccc(O)c1C4=O. The first-order valence-electron chi connectivity index (χ1n) is 9.24. The second kappa shape index (κ2) is 5.46. The molecule has 2 aromatic carbocycles. The molecular weight excluding hydrogens is 376 g/mol. The van der Waals surface area contributed by atoms with Crippen LogP contribution in [0.1, 0.15) is 55.8 Å². The van der Waals surface area contributed by atoms with Gasteiger partial charge in [-0.15, -0.1) is 0 Å². The molecule has 7 nitrogen and oxygen atoms in total. The molecule has 0 radical (unpaired) electrons. The van der Waals surface area contributed by atoms with E-state index in [4.69, 9.17) is 0 Å². The lowest BCUT2D eigenvalue weighted by Gasteiger charge is -2.40. The Hall–Kier alpha value is -3.16. The van der Waals surface area contributed by atoms with Crippen LogP contribution in [0.5, 0.6) is 17.2 Å². The van der Waals surface area contributed by atoms with Crippen LogP contribution in [0.4, 0.5) is 0 Å². The molecule has 7 heteroatoms. The molecule has 0 heterocycles. The molecule has 0 saturated heterocycles. The molecule has 0 fully saturated rings. The lowest BCUT2D eigenvalue weighted by molar-refractivity contribution is -0.0474. The number of carbonyl (C=O) groups excluding carboxylic acids is 2. The quantitative estimate of drug-likeness (QED) is 0.288. The summed E-state index contributed by atoms with van der Waals surface area (Å²) in [6, 6.07) is 3.66. The predicted octanol–water partition coefficient (Wildman–Crippen LogP) is 1.52. The number of benzene rings is 2. The minimum atomic E-state index is -1.10. The zero-order valence-electron chi connectivity index (χ0n) is 15.4. The van der Waals surface area contributed by atoms with E-state index < -0.39 is 52.4 Å². The molecule has 29 heavy (non-hydrogen) atoms. The summed E-state index contributed by atoms with van der Waals surface area (Å²) < 4.78 is 0. The highest BCUT2D eigenvalue weighted by atomic mass is 16.3. The summed E-state index contributed by atoms with van der Waals surface area (Å²) in [6.45, 7) is 1.78. The van der Waals surface area contributed by atoms with Crippen LogP contribution in [0, 0.1) is 5.41 Å². The molecule has 3 aliphatic rings. The second-order valence-electron chi connectivity index (χ2n) is 8.21. The van der Waals surface area contributed by atoms with Crippen LogP contribution in [0.15, 0.2) is 30.4 Å². The molecule has 2 aromatic rings. The van der Waals surface area contributed by atoms with Gasteiger partial charge in [0.25, 0.3) is 0 Å². The van der Waals surface area contributed by atoms with E-state index in [2.05, 4.69) is 0 Å². The molecule has 4 unspecified atom stereocenters. The van der Waals surface area contributed by atoms with Gasteiger partial charge >= 0.3 is 0 Å². The van der Waals surface area contributed by atoms with Gasteiger partial charge in [-0.2, -0.15) is 0 Å². The van der Waals surface area contributed by atoms with Crippen LogP contribution in [0.2, 0.25) is 0 Å². The number of phenolic OH excluding ortho intramolecular Hbond substituents is 3. The van der Waals surface area contributed by atoms with Crippen molar-refractivity contribution in [2.45, 2.75) is 31.5 Å². The molecule has 0 aromatic heterocycles. The Kier molecular flexibility index (Phi) is 3.37. The number of phenols is 3. The number of aromatic hydroxyl groups is 3. The lowest BCUT2D eigenvalue weighted by atomic mass is 9.67. The van der Waals surface area contributed by atoms with Crippen LogP contribution in [-0.4, -0.2) is 49.3 Å². The first kappa shape index (κ1) is 17.9. The Balaban J connectivity index is 1.83. The number of hydrogen-bond acceptors (Lipinski definition) is 7. The van der Waals surface area contributed by atoms with Crippen molar-refractivity contribution in [3.8, 4) is 17.2 Å². The van der Waals surface area contributed by atoms with E-state index in [1.54, 1.807) is 13.0 Å². The van der Waals surface area contributed by atoms with Gasteiger partial charge in [0, 0.05) is 16.9 Å². The summed E-state index contributed by atoms with van der Waals surface area (Å²) in [5.41, 5.74) is -0.633. The maximum atomic E-state index is 13.4. The van der Waals surface area contributed by atoms with Crippen molar-refractivity contribution in [2.75, 3.05) is 0 Å². The van der Waals surface area contributed by atoms with E-state index in [1.807, 2.05) is 0 Å². The Bertz CT molecular complexity index is 1160. The van der Waals surface area contributed by atoms with Gasteiger partial charge in [0.1, 0.15) is 17.2 Å². The number of fused-ring (bicyclic) bond motifs is 6. The monoisotopic (exact) mass is 394 g/mol. The minimum Gasteiger partial charge on any atom is -0.507 e. The smallest absolute Gasteiger partial charge is 0.202 e. The molecule has 0 bridgehead atoms. The number of allylic oxidation sites excluding steroid dienone is 1. The van der Waals surface area contributed by atoms with E-state index in [9.17, 15) is 35.1 Å². The fraction of sp³-hybridized carbons (Fsp3) is 0.273. The maximum Gasteiger partial charge on any atom is 0.202 e. The van der Waals surface area contributed by atoms with Crippen molar-refractivity contribution in [3.63, 3.8) is 0 Å². The molecule has 3 aliphatic carbocycles. The average Bonchev–Trinajstić information content (AvgIpc) is 2.96. The van der Waals surface area contributed by atoms with Gasteiger partial charge < -0.3 is 25.5 Å². The summed E-state index contributed by atoms with van der Waals surface area (Å²) in [4.78, 5) is 26.5. The Labute approximate surface area is 165 Å². The minimum absolute atomic E-state index is 0.0274. The third-order valence-corrected chi connectivity index (χ3v) is 6.59. The van der Waals surface area contributed by atoms with E-state index >= 15 is 0 Å². The van der Waals surface area contributed by atoms with Crippen molar-refractivity contribution in [1.29, 1.82) is 0 Å². The van der Waals surface area contributed by atoms with Gasteiger partial charge in [-0.25, -0.2) is 0 Å². The van der Waals surface area contributed by atoms with Gasteiger partial charge in [0.05, 0.1) is 28.9 Å². The highest BCUT2D eigenvalue weighted by molar-refractivity contribution is 6.31. The number of aliphatic hydroxyl groups excluding tert-OH is 2. The van der Waals surface area contributed by atoms with Crippen molar-refractivity contribution in [2.24, 2.45) is 5.41 Å². The largest absolute Gasteiger partial charge is 0.507 e. The first-order valence-corrected chi connectivity index (χ1v) is 9.24. The highest BCUT2D eigenvalue weighted by Crippen LogP contribution is 2.56. The maximum absolute atomic E-state index is 13.4. The summed E-state index contributed by atoms with van der Waals surface area (Å²) in [5, 5.41) is 51.7. The zero-order valence-corrected chi connectivity index (χ0v) is 15.4. The van der Waals surface area contributed by atoms with E-state index in [1.165, 1.54) is 12.1 Å². The first-order chi connectivity index (χ1) is 13.7. The molecule has 148 valence electrons. The van der Waals surface area contributed by atoms with Crippen molar-refractivity contribution >= 4 is 11.6 Å². The van der Waals surface area contributed by atoms with Crippen molar-refractivity contribution in [3.05, 3.63) is 63.7 Å². The molecule has 4 atom stereocenters. The molecule has 0 amide bonds. The van der Waals surface area contributed by atoms with Gasteiger partial charge in [-0.1, -0.05) is 19.1 Å². The van der Waals surface area contributed by atoms with Gasteiger partial charge in [0.2, 0.25) is 5.78 Å². The van der Waals surface area contributed by atoms with Crippen molar-refractivity contribution in [1.82, 2.24) is 0 Å². The summed E-state index contributed by atoms with van der Waals surface area (Å²) >= 11 is 0. The highest BCUT2D eigenvalue weighted by Gasteiger charge is 2.53. The fourth-order valence-corrected chi connectivity index (χ4v) is 5.17. The summed E-state index contributed by atoms with van der Waals surface area (Å²) in [5.74, 6) is -3.18. The predicted molar refractivity (Wildman–Crippen MR) is 100 cm³/mol. The topological polar surface area (TPSA) is 135 Å². The fourth-order valence-electron chi connectivity index (χ4n) is 5.17. The molecule has 0 aliphatic heterocycles. The third kappa shape index (κ3) is 2.03. The number of ketones is 2. The standard InChI is InChI=1S/C22H18O7/c1-22-7-8-6-13(26)17-18(14(8)9(22)2-3-12(25)21(22)29)20(28)16-11(24)5-4-10(23)15(16)19(17)27/h2-6,9,12,21,23-26,29H,7H2,1H3. The van der Waals surface area contributed by atoms with E-state index in [0.717, 1.165) is 12.1 Å². The average molecular weight is 394 g/mol. The van der Waals surface area contributed by atoms with Crippen LogP contribution >= 0.6 is 0 Å². The van der Waals surface area contributed by atoms with E-state index in [0.29, 0.717) is 11.1 Å². The number of carbonyl (C=O) groups is 2. The number of aliphatic hydroxyl groups is 2. The van der Waals surface area contributed by atoms with Crippen LogP contribution in [0.25, 0.3) is 0 Å². The van der Waals surface area contributed by atoms with Gasteiger partial charge in [0.15, 0.2) is 5.78 Å². The lowest BCUT2D eigenvalue weighted by Crippen LogP contribution is -2.45. The van der Waals surface area contributed by atoms with Gasteiger partial charge in [-0.05, 0) is 35.7 Å². The molecule has 5 rings (SSSR count). The van der Waals surface area contributed by atoms with Crippen LogP contribution in [0.3, 0.4) is 0 Å². The zero-order chi connectivity index (χ0) is 20.8. The Morgan fingerprint density at radius 3 is 2.03 bits per heavy atom. The summed E-state index contributed by atoms with van der Waals surface area (Å²) in [6.07, 6.45) is 1.29. The Morgan fingerprint density at radius 1 is 0.862 bits per heavy atom. The van der Waals surface area contributed by atoms with Crippen LogP contribution < -0.4 is 0 Å². The summed E-state index contributed by atoms with van der Waals surface area (Å²) in [7, 11) is 0. The molecular formula is C22H18O7. The van der Waals surface area contributed by atoms with E-state index in [-0.39, 0.29) is 28.7 Å². The molecule has 0 saturated carbocycles. The van der Waals surface area contributed by atoms with Crippen molar-refractivity contribution < 1.29 is 35.1 Å². The Morgan fingerprint density at radius 2 is 1.41 bits per heavy atom. The number of rotatable bonds is 0.